The van der Waals surface area contributed by atoms with E-state index in [4.69, 9.17) is 30.6 Å². The zero-order valence-corrected chi connectivity index (χ0v) is 76.1. The van der Waals surface area contributed by atoms with Gasteiger partial charge in [-0.2, -0.15) is 19.8 Å². The Bertz CT molecular complexity index is 7370. The van der Waals surface area contributed by atoms with Crippen molar-refractivity contribution in [3.8, 4) is 83.4 Å². The summed E-state index contributed by atoms with van der Waals surface area (Å²) in [5.41, 5.74) is 19.3. The fourth-order valence-electron chi connectivity index (χ4n) is 16.0. The molecule has 19 rings (SSSR count). The van der Waals surface area contributed by atoms with Crippen molar-refractivity contribution < 1.29 is 68.5 Å². The average Bonchev–Trinajstić information content (AvgIpc) is 1.62. The molecule has 0 bridgehead atoms. The first kappa shape index (κ1) is 91.9. The third kappa shape index (κ3) is 21.1. The molecule has 8 N–H and O–H groups in total. The van der Waals surface area contributed by atoms with Crippen LogP contribution in [0.4, 0.5) is 13.2 Å². The predicted octanol–water partition coefficient (Wildman–Crippen LogP) is 19.6. The smallest absolute Gasteiger partial charge is 0.355 e. The number of thiophene rings is 1. The maximum atomic E-state index is 15.1. The molecule has 4 aliphatic rings. The van der Waals surface area contributed by atoms with Crippen molar-refractivity contribution in [2.45, 2.75) is 139 Å². The minimum absolute atomic E-state index is 0. The zero-order chi connectivity index (χ0) is 91.4. The lowest BCUT2D eigenvalue weighted by molar-refractivity contribution is 0.0680. The summed E-state index contributed by atoms with van der Waals surface area (Å²) in [4.78, 5) is 54.2. The molecule has 4 aliphatic carbocycles. The summed E-state index contributed by atoms with van der Waals surface area (Å²) in [6, 6.07) is 50.1. The lowest BCUT2D eigenvalue weighted by atomic mass is 9.94. The number of carboxylic acids is 3. The number of pyridine rings is 1. The normalized spacial score (nSPS) is 14.0. The SMILES string of the molecule is C.CS(=O)(=O)c1ccc(Cc2c(-c3cccc(-c4ccc5c(c4)CCC5)c3)nn(-c3nc(C(=O)O)cs3)c2CC2CC2)cc1F.Cc1ccc(-c2cc(-c3nn(-c4nc(C(=O)O)cs4)c(CC4CC4)c3Cc3ccc([S+](N)(=O)O)c(F)c3)ccc2F)cc1.Cc1ccc(C#Cc2cccc(-c3nn(-c4nc(C(=O)O)cs4)c(CC4CC4)c3Cc3ccc(S(N)(=O)=O)c(C)c3)n2)s1. The number of rotatable bonds is 26. The van der Waals surface area contributed by atoms with E-state index in [1.165, 1.54) is 104 Å². The van der Waals surface area contributed by atoms with Crippen LogP contribution in [0.2, 0.25) is 0 Å². The number of hydrogen-bond acceptors (Lipinski definition) is 19. The standard InChI is InChI=1S/C34H30FN3O4S2.C31H26F2N4O4S2.C31H27N5O4S3.CH4/c1-44(41,42)31-13-10-21(15-28(31)35)14-27-30(16-20-8-9-20)38(34-36-29(19-43-34)33(39)40)37-32(27)26-7-3-6-24(18-26)25-12-11-22-4-2-5-23(22)17-25;1-17-2-7-20(8-3-17)22-15-21(9-10-24(22)32)29-23(12-19-6-11-28(25(33)13-19)43(34,40)41)27(14-18-4-5-18)37(36-29)31-35-26(16-42-31)30(38)39;1-18-14-21(9-13-28(18)43(32,39)40)15-24-27(16-20-7-8-20)36(31-34-26(17-41-31)30(37)38)35-29(24)25-5-3-4-22(33-25)10-12-23-11-6-19(2)42-23;/h3,6-7,10-13,15,17-20H,2,4-5,8-9,14,16H2,1H3,(H,39,40);2-3,6-11,13,15-16,18H,4-5,12,14H2,1H3,(H3-,34,38,39,40,41);3-6,9,11,13-14,17,20H,7-8,15-16H2,1-2H3,(H,37,38)(H2,32,39,40);1H4/p+1. The molecule has 0 saturated heterocycles. The topological polar surface area (TPSA) is 375 Å². The van der Waals surface area contributed by atoms with Crippen LogP contribution < -0.4 is 10.3 Å². The molecule has 1 atom stereocenters. The number of sulfone groups is 1. The van der Waals surface area contributed by atoms with Gasteiger partial charge in [-0.3, -0.25) is 0 Å². The van der Waals surface area contributed by atoms with Crippen LogP contribution in [0.25, 0.3) is 71.6 Å². The second-order valence-corrected chi connectivity index (χ2v) is 41.9. The largest absolute Gasteiger partial charge is 0.476 e. The van der Waals surface area contributed by atoms with E-state index in [0.717, 1.165) is 148 Å². The van der Waals surface area contributed by atoms with E-state index in [2.05, 4.69) is 57.1 Å². The number of aromatic nitrogens is 10. The molecule has 131 heavy (non-hydrogen) atoms. The van der Waals surface area contributed by atoms with E-state index in [1.807, 2.05) is 86.6 Å². The third-order valence-electron chi connectivity index (χ3n) is 23.1. The molecule has 15 aromatic rings. The first-order valence-corrected chi connectivity index (χ1v) is 50.1. The minimum Gasteiger partial charge on any atom is -0.476 e. The molecule has 670 valence electrons. The molecule has 24 nitrogen and oxygen atoms in total. The predicted molar refractivity (Wildman–Crippen MR) is 501 cm³/mol. The van der Waals surface area contributed by atoms with Crippen LogP contribution in [0, 0.1) is 67.8 Å². The Morgan fingerprint density at radius 3 is 1.47 bits per heavy atom. The maximum absolute atomic E-state index is 15.1. The second kappa shape index (κ2) is 37.8. The van der Waals surface area contributed by atoms with Gasteiger partial charge in [0.1, 0.15) is 27.9 Å². The van der Waals surface area contributed by atoms with Crippen LogP contribution in [-0.4, -0.2) is 110 Å². The van der Waals surface area contributed by atoms with Gasteiger partial charge in [0, 0.05) is 86.0 Å². The fourth-order valence-corrected chi connectivity index (χ4v) is 21.2. The number of nitrogens with zero attached hydrogens (tertiary/aromatic N) is 10. The van der Waals surface area contributed by atoms with Crippen molar-refractivity contribution in [1.82, 2.24) is 49.3 Å². The van der Waals surface area contributed by atoms with Crippen LogP contribution in [-0.2, 0) is 85.8 Å². The number of hydrogen-bond donors (Lipinski definition) is 6. The van der Waals surface area contributed by atoms with Crippen molar-refractivity contribution in [3.63, 3.8) is 0 Å². The number of fused-ring (bicyclic) bond motifs is 1. The Labute approximate surface area is 771 Å². The highest BCUT2D eigenvalue weighted by molar-refractivity contribution is 7.95. The highest BCUT2D eigenvalue weighted by Crippen LogP contribution is 2.44. The van der Waals surface area contributed by atoms with Gasteiger partial charge < -0.3 is 15.3 Å². The number of primary sulfonamides is 1. The molecule has 0 radical (unpaired) electrons. The van der Waals surface area contributed by atoms with E-state index in [0.29, 0.717) is 114 Å². The van der Waals surface area contributed by atoms with E-state index >= 15 is 8.78 Å². The summed E-state index contributed by atoms with van der Waals surface area (Å²) in [5, 5.41) is 59.9. The lowest BCUT2D eigenvalue weighted by Gasteiger charge is -2.11. The monoisotopic (exact) mass is 1890 g/mol. The Kier molecular flexibility index (Phi) is 26.5. The number of carbonyl (C=O) groups is 3. The van der Waals surface area contributed by atoms with Crippen LogP contribution >= 0.6 is 45.3 Å². The van der Waals surface area contributed by atoms with Gasteiger partial charge in [-0.15, -0.1) is 50.5 Å². The van der Waals surface area contributed by atoms with Crippen LogP contribution in [0.5, 0.6) is 0 Å². The lowest BCUT2D eigenvalue weighted by Crippen LogP contribution is -2.22. The Morgan fingerprint density at radius 1 is 0.504 bits per heavy atom. The number of thiazole rings is 3. The van der Waals surface area contributed by atoms with Gasteiger partial charge in [-0.1, -0.05) is 104 Å². The fraction of sp³-hybridized carbons (Fsp3) is 0.237. The molecule has 34 heteroatoms. The molecule has 0 amide bonds. The molecule has 3 fully saturated rings. The van der Waals surface area contributed by atoms with E-state index in [9.17, 15) is 59.7 Å². The quantitative estimate of drug-likeness (QED) is 0.0217. The molecule has 1 unspecified atom stereocenters. The van der Waals surface area contributed by atoms with Crippen molar-refractivity contribution in [3.05, 3.63) is 309 Å². The Balaban J connectivity index is 0.000000143. The van der Waals surface area contributed by atoms with Crippen molar-refractivity contribution in [1.29, 1.82) is 0 Å². The Morgan fingerprint density at radius 2 is 0.977 bits per heavy atom. The van der Waals surface area contributed by atoms with Gasteiger partial charge in [0.2, 0.25) is 30.3 Å². The highest BCUT2D eigenvalue weighted by atomic mass is 32.3. The summed E-state index contributed by atoms with van der Waals surface area (Å²) in [6.07, 6.45) is 13.9. The van der Waals surface area contributed by atoms with Crippen molar-refractivity contribution in [2.24, 2.45) is 28.0 Å². The molecule has 0 aliphatic heterocycles. The summed E-state index contributed by atoms with van der Waals surface area (Å²) >= 11 is 5.20. The number of sulfonamides is 1. The summed E-state index contributed by atoms with van der Waals surface area (Å²) in [6.45, 7) is 5.71. The first-order valence-electron chi connectivity index (χ1n) is 41.7. The van der Waals surface area contributed by atoms with Crippen molar-refractivity contribution in [2.75, 3.05) is 6.26 Å². The molecule has 3 saturated carbocycles. The van der Waals surface area contributed by atoms with Gasteiger partial charge >= 0.3 is 28.3 Å². The average molecular weight is 1900 g/mol. The minimum atomic E-state index is -4.00. The number of aromatic carboxylic acids is 3. The van der Waals surface area contributed by atoms with Crippen LogP contribution in [0.15, 0.2) is 201 Å². The van der Waals surface area contributed by atoms with Crippen molar-refractivity contribution >= 4 is 93.5 Å². The highest BCUT2D eigenvalue weighted by Gasteiger charge is 2.36. The molecular weight excluding hydrogens is 1810 g/mol. The van der Waals surface area contributed by atoms with Gasteiger partial charge in [-0.05, 0) is 254 Å². The van der Waals surface area contributed by atoms with Gasteiger partial charge in [0.25, 0.3) is 0 Å². The number of benzene rings is 7. The number of halogens is 3. The summed E-state index contributed by atoms with van der Waals surface area (Å²) in [7, 11) is -11.6. The van der Waals surface area contributed by atoms with Crippen LogP contribution in [0.1, 0.15) is 172 Å². The molecule has 0 spiro atoms. The van der Waals surface area contributed by atoms with Gasteiger partial charge in [-0.25, -0.2) is 83.5 Å². The number of aryl methyl sites for hydroxylation is 5. The maximum Gasteiger partial charge on any atom is 0.355 e. The van der Waals surface area contributed by atoms with E-state index in [1.54, 1.807) is 56.6 Å². The third-order valence-corrected chi connectivity index (χ3v) is 29.6. The summed E-state index contributed by atoms with van der Waals surface area (Å²) < 4.78 is 120. The molecule has 7 aromatic carbocycles. The molecule has 8 aromatic heterocycles. The second-order valence-electron chi connectivity index (χ2n) is 33.1. The van der Waals surface area contributed by atoms with E-state index in [-0.39, 0.29) is 40.7 Å². The first-order chi connectivity index (χ1) is 62.2. The van der Waals surface area contributed by atoms with E-state index < -0.39 is 70.5 Å². The number of carboxylic acid groups (broad SMARTS) is 3. The molecular formula is C97H88F3N12O12S7+. The summed E-state index contributed by atoms with van der Waals surface area (Å²) in [5.74, 6) is 2.26. The van der Waals surface area contributed by atoms with Gasteiger partial charge in [0.05, 0.1) is 43.9 Å². The van der Waals surface area contributed by atoms with Crippen LogP contribution in [0.3, 0.4) is 0 Å². The zero-order valence-electron chi connectivity index (χ0n) is 70.4. The van der Waals surface area contributed by atoms with Gasteiger partial charge in [0.15, 0.2) is 32.7 Å². The number of nitrogens with two attached hydrogens (primary N) is 2. The Hall–Kier alpha value is -12.4. The molecule has 8 heterocycles.